The van der Waals surface area contributed by atoms with E-state index >= 15 is 0 Å². The summed E-state index contributed by atoms with van der Waals surface area (Å²) in [5, 5.41) is 15.3. The second-order valence-electron chi connectivity index (χ2n) is 8.27. The van der Waals surface area contributed by atoms with Gasteiger partial charge in [0.1, 0.15) is 11.5 Å². The lowest BCUT2D eigenvalue weighted by molar-refractivity contribution is -0.140. The van der Waals surface area contributed by atoms with Crippen molar-refractivity contribution in [2.75, 3.05) is 0 Å². The largest absolute Gasteiger partial charge is 0.507 e. The summed E-state index contributed by atoms with van der Waals surface area (Å²) >= 11 is 0. The van der Waals surface area contributed by atoms with Gasteiger partial charge in [-0.2, -0.15) is 10.1 Å². The van der Waals surface area contributed by atoms with Gasteiger partial charge in [0, 0.05) is 11.6 Å². The van der Waals surface area contributed by atoms with Crippen LogP contribution in [0, 0.1) is 35.5 Å². The number of ether oxygens (including phenoxy) is 1. The number of amides is 2. The Bertz CT molecular complexity index is 854. The van der Waals surface area contributed by atoms with Crippen LogP contribution < -0.4 is 4.74 Å². The summed E-state index contributed by atoms with van der Waals surface area (Å²) in [6, 6.07) is 4.90. The quantitative estimate of drug-likeness (QED) is 0.505. The average molecular weight is 366 g/mol. The number of hydrogen-bond acceptors (Lipinski definition) is 5. The molecule has 3 fully saturated rings. The Kier molecular flexibility index (Phi) is 3.48. The van der Waals surface area contributed by atoms with Gasteiger partial charge in [-0.1, -0.05) is 12.2 Å². The van der Waals surface area contributed by atoms with Crippen molar-refractivity contribution in [3.63, 3.8) is 0 Å². The number of hydrogen-bond donors (Lipinski definition) is 1. The molecule has 1 aliphatic heterocycles. The molecule has 1 aromatic carbocycles. The number of carbonyl (C=O) groups excluding carboxylic acids is 2. The van der Waals surface area contributed by atoms with E-state index in [1.165, 1.54) is 12.3 Å². The van der Waals surface area contributed by atoms with Crippen LogP contribution >= 0.6 is 0 Å². The first-order chi connectivity index (χ1) is 13.0. The third-order valence-corrected chi connectivity index (χ3v) is 6.33. The minimum Gasteiger partial charge on any atom is -0.507 e. The normalized spacial score (nSPS) is 35.9. The van der Waals surface area contributed by atoms with Crippen LogP contribution in [0.2, 0.25) is 0 Å². The fourth-order valence-corrected chi connectivity index (χ4v) is 5.15. The van der Waals surface area contributed by atoms with E-state index in [4.69, 9.17) is 4.74 Å². The Hall–Kier alpha value is -2.63. The first kappa shape index (κ1) is 16.5. The minimum absolute atomic E-state index is 0.00213. The maximum absolute atomic E-state index is 12.9. The summed E-state index contributed by atoms with van der Waals surface area (Å²) < 4.78 is 5.54. The van der Waals surface area contributed by atoms with Gasteiger partial charge in [0.25, 0.3) is 11.8 Å². The lowest BCUT2D eigenvalue weighted by Gasteiger charge is -2.37. The first-order valence-electron chi connectivity index (χ1n) is 9.55. The van der Waals surface area contributed by atoms with Crippen LogP contribution in [-0.2, 0) is 9.59 Å². The molecular formula is C21H22N2O4. The molecule has 1 heterocycles. The van der Waals surface area contributed by atoms with Gasteiger partial charge in [0.2, 0.25) is 0 Å². The standard InChI is InChI=1S/C21H22N2O4/c1-10(2)27-12-4-3-11(17(24)7-12)9-22-23-20(25)18-13-5-6-14(16-8-15(13)16)19(18)21(23)26/h3-7,9-10,13-16,18-19,24H,8H2,1-2H3/b22-9-/t13-,14-,15-,16-,18-,19+/m0/s1. The Morgan fingerprint density at radius 2 is 1.78 bits per heavy atom. The second-order valence-corrected chi connectivity index (χ2v) is 8.27. The van der Waals surface area contributed by atoms with E-state index in [9.17, 15) is 14.7 Å². The molecule has 1 N–H and O–H groups in total. The number of rotatable bonds is 4. The van der Waals surface area contributed by atoms with Crippen LogP contribution in [0.5, 0.6) is 11.5 Å². The smallest absolute Gasteiger partial charge is 0.254 e. The van der Waals surface area contributed by atoms with Gasteiger partial charge in [-0.3, -0.25) is 9.59 Å². The molecule has 27 heavy (non-hydrogen) atoms. The molecule has 1 saturated heterocycles. The van der Waals surface area contributed by atoms with Gasteiger partial charge < -0.3 is 9.84 Å². The van der Waals surface area contributed by atoms with Crippen LogP contribution in [0.15, 0.2) is 35.5 Å². The molecule has 6 atom stereocenters. The number of hydrazone groups is 1. The van der Waals surface area contributed by atoms with E-state index in [0.717, 1.165) is 11.4 Å². The van der Waals surface area contributed by atoms with E-state index in [0.29, 0.717) is 23.1 Å². The maximum Gasteiger partial charge on any atom is 0.254 e. The zero-order valence-corrected chi connectivity index (χ0v) is 15.3. The number of benzene rings is 1. The topological polar surface area (TPSA) is 79.2 Å². The van der Waals surface area contributed by atoms with Crippen LogP contribution in [0.1, 0.15) is 25.8 Å². The Morgan fingerprint density at radius 3 is 2.33 bits per heavy atom. The van der Waals surface area contributed by atoms with Crippen LogP contribution in [0.25, 0.3) is 0 Å². The number of phenolic OH excluding ortho intramolecular Hbond substituents is 1. The molecular weight excluding hydrogens is 344 g/mol. The summed E-state index contributed by atoms with van der Waals surface area (Å²) in [6.07, 6.45) is 6.78. The molecule has 1 aromatic rings. The predicted molar refractivity (Wildman–Crippen MR) is 98.0 cm³/mol. The van der Waals surface area contributed by atoms with E-state index < -0.39 is 0 Å². The fourth-order valence-electron chi connectivity index (χ4n) is 5.15. The molecule has 0 spiro atoms. The van der Waals surface area contributed by atoms with E-state index in [1.54, 1.807) is 12.1 Å². The monoisotopic (exact) mass is 366 g/mol. The van der Waals surface area contributed by atoms with Gasteiger partial charge in [-0.05, 0) is 56.1 Å². The highest BCUT2D eigenvalue weighted by Crippen LogP contribution is 2.65. The highest BCUT2D eigenvalue weighted by Gasteiger charge is 2.67. The van der Waals surface area contributed by atoms with Crippen molar-refractivity contribution in [3.05, 3.63) is 35.9 Å². The molecule has 6 rings (SSSR count). The molecule has 4 aliphatic carbocycles. The Labute approximate surface area is 157 Å². The van der Waals surface area contributed by atoms with Gasteiger partial charge >= 0.3 is 0 Å². The minimum atomic E-state index is -0.260. The number of imide groups is 1. The third kappa shape index (κ3) is 2.42. The number of aromatic hydroxyl groups is 1. The molecule has 0 aromatic heterocycles. The first-order valence-corrected chi connectivity index (χ1v) is 9.55. The molecule has 2 amide bonds. The summed E-state index contributed by atoms with van der Waals surface area (Å²) in [4.78, 5) is 25.7. The van der Waals surface area contributed by atoms with Crippen molar-refractivity contribution in [1.29, 1.82) is 0 Å². The maximum atomic E-state index is 12.9. The molecule has 0 radical (unpaired) electrons. The summed E-state index contributed by atoms with van der Waals surface area (Å²) in [5.41, 5.74) is 0.436. The second kappa shape index (κ2) is 5.68. The van der Waals surface area contributed by atoms with E-state index in [1.807, 2.05) is 13.8 Å². The molecule has 140 valence electrons. The molecule has 2 saturated carbocycles. The summed E-state index contributed by atoms with van der Waals surface area (Å²) in [5.74, 6) is 1.13. The lowest BCUT2D eigenvalue weighted by Crippen LogP contribution is -2.40. The predicted octanol–water partition coefficient (Wildman–Crippen LogP) is 2.57. The van der Waals surface area contributed by atoms with Gasteiger partial charge in [0.05, 0.1) is 24.2 Å². The molecule has 2 bridgehead atoms. The lowest BCUT2D eigenvalue weighted by atomic mass is 9.63. The fraction of sp³-hybridized carbons (Fsp3) is 0.476. The zero-order chi connectivity index (χ0) is 18.9. The van der Waals surface area contributed by atoms with Crippen molar-refractivity contribution < 1.29 is 19.4 Å². The molecule has 6 nitrogen and oxygen atoms in total. The van der Waals surface area contributed by atoms with Gasteiger partial charge in [-0.15, -0.1) is 0 Å². The zero-order valence-electron chi connectivity index (χ0n) is 15.3. The SMILES string of the molecule is CC(C)Oc1ccc(/C=N\N2C(=O)[C@@H]3[C@H]4C=C[C@@H]([C@@H]5C[C@@H]45)[C@@H]3C2=O)c(O)c1. The highest BCUT2D eigenvalue weighted by molar-refractivity contribution is 6.06. The van der Waals surface area contributed by atoms with E-state index in [2.05, 4.69) is 17.3 Å². The van der Waals surface area contributed by atoms with Gasteiger partial charge in [-0.25, -0.2) is 0 Å². The summed E-state index contributed by atoms with van der Waals surface area (Å²) in [6.45, 7) is 3.81. The molecule has 0 unspecified atom stereocenters. The molecule has 5 aliphatic rings. The van der Waals surface area contributed by atoms with Crippen molar-refractivity contribution in [2.45, 2.75) is 26.4 Å². The van der Waals surface area contributed by atoms with Crippen molar-refractivity contribution in [3.8, 4) is 11.5 Å². The number of carbonyl (C=O) groups is 2. The van der Waals surface area contributed by atoms with Gasteiger partial charge in [0.15, 0.2) is 0 Å². The summed E-state index contributed by atoms with van der Waals surface area (Å²) in [7, 11) is 0. The van der Waals surface area contributed by atoms with Crippen molar-refractivity contribution in [1.82, 2.24) is 5.01 Å². The van der Waals surface area contributed by atoms with Crippen LogP contribution in [0.3, 0.4) is 0 Å². The van der Waals surface area contributed by atoms with E-state index in [-0.39, 0.29) is 47.3 Å². The van der Waals surface area contributed by atoms with Crippen LogP contribution in [-0.4, -0.2) is 34.2 Å². The van der Waals surface area contributed by atoms with Crippen LogP contribution in [0.4, 0.5) is 0 Å². The Morgan fingerprint density at radius 1 is 1.15 bits per heavy atom. The molecule has 6 heteroatoms. The number of allylic oxidation sites excluding steroid dienone is 2. The van der Waals surface area contributed by atoms with Crippen molar-refractivity contribution in [2.24, 2.45) is 40.6 Å². The average Bonchev–Trinajstić information content (AvgIpc) is 3.40. The van der Waals surface area contributed by atoms with Crippen molar-refractivity contribution >= 4 is 18.0 Å². The number of nitrogens with zero attached hydrogens (tertiary/aromatic N) is 2. The third-order valence-electron chi connectivity index (χ3n) is 6.33. The Balaban J connectivity index is 1.37. The highest BCUT2D eigenvalue weighted by atomic mass is 16.5. The number of phenols is 1.